The Bertz CT molecular complexity index is 919. The van der Waals surface area contributed by atoms with E-state index < -0.39 is 0 Å². The molecule has 0 fully saturated rings. The first-order valence-corrected chi connectivity index (χ1v) is 8.48. The molecule has 0 aliphatic heterocycles. The minimum absolute atomic E-state index is 0.00112. The predicted molar refractivity (Wildman–Crippen MR) is 103 cm³/mol. The van der Waals surface area contributed by atoms with Crippen LogP contribution in [0.15, 0.2) is 54.7 Å². The first kappa shape index (κ1) is 17.7. The molecule has 0 bridgehead atoms. The van der Waals surface area contributed by atoms with Crippen molar-refractivity contribution in [3.05, 3.63) is 60.3 Å². The summed E-state index contributed by atoms with van der Waals surface area (Å²) in [5.41, 5.74) is 2.49. The number of nitrogens with zero attached hydrogens (tertiary/aromatic N) is 1. The van der Waals surface area contributed by atoms with Crippen LogP contribution in [0.5, 0.6) is 11.5 Å². The van der Waals surface area contributed by atoms with E-state index in [0.717, 1.165) is 33.7 Å². The predicted octanol–water partition coefficient (Wildman–Crippen LogP) is 4.38. The van der Waals surface area contributed by atoms with Crippen LogP contribution in [-0.4, -0.2) is 25.1 Å². The van der Waals surface area contributed by atoms with Gasteiger partial charge in [0.15, 0.2) is 0 Å². The molecule has 3 aromatic rings. The summed E-state index contributed by atoms with van der Waals surface area (Å²) < 4.78 is 10.7. The third-order valence-corrected chi connectivity index (χ3v) is 4.37. The van der Waals surface area contributed by atoms with Crippen molar-refractivity contribution in [2.24, 2.45) is 0 Å². The van der Waals surface area contributed by atoms with Crippen molar-refractivity contribution in [2.45, 2.75) is 19.3 Å². The molecular weight excluding hydrogens is 328 g/mol. The molecule has 0 radical (unpaired) electrons. The molecule has 1 atom stereocenters. The summed E-state index contributed by atoms with van der Waals surface area (Å²) >= 11 is 0. The second kappa shape index (κ2) is 7.87. The molecule has 5 nitrogen and oxygen atoms in total. The maximum absolute atomic E-state index is 12.6. The van der Waals surface area contributed by atoms with Crippen LogP contribution in [0.3, 0.4) is 0 Å². The summed E-state index contributed by atoms with van der Waals surface area (Å²) in [5, 5.41) is 3.97. The van der Waals surface area contributed by atoms with Gasteiger partial charge in [-0.15, -0.1) is 0 Å². The molecule has 0 saturated heterocycles. The highest BCUT2D eigenvalue weighted by Crippen LogP contribution is 2.32. The number of fused-ring (bicyclic) bond motifs is 1. The second-order valence-electron chi connectivity index (χ2n) is 6.14. The molecule has 1 aromatic heterocycles. The molecule has 134 valence electrons. The lowest BCUT2D eigenvalue weighted by molar-refractivity contribution is -0.116. The Morgan fingerprint density at radius 2 is 1.92 bits per heavy atom. The Hall–Kier alpha value is -3.08. The summed E-state index contributed by atoms with van der Waals surface area (Å²) in [6.07, 6.45) is 2.06. The third kappa shape index (κ3) is 3.77. The highest BCUT2D eigenvalue weighted by molar-refractivity contribution is 6.00. The number of pyridine rings is 1. The molecule has 1 unspecified atom stereocenters. The lowest BCUT2D eigenvalue weighted by atomic mass is 9.96. The number of nitrogens with one attached hydrogen (secondary N) is 1. The number of carbonyl (C=O) groups excluding carboxylic acids is 1. The van der Waals surface area contributed by atoms with E-state index in [9.17, 15) is 4.79 Å². The molecule has 1 heterocycles. The molecule has 2 aromatic carbocycles. The zero-order chi connectivity index (χ0) is 18.5. The molecule has 1 amide bonds. The van der Waals surface area contributed by atoms with E-state index in [1.54, 1.807) is 20.4 Å². The van der Waals surface area contributed by atoms with Gasteiger partial charge in [0.2, 0.25) is 5.91 Å². The summed E-state index contributed by atoms with van der Waals surface area (Å²) in [7, 11) is 3.23. The van der Waals surface area contributed by atoms with Gasteiger partial charge in [0.05, 0.1) is 25.4 Å². The normalized spacial score (nSPS) is 11.8. The van der Waals surface area contributed by atoms with Crippen molar-refractivity contribution in [1.29, 1.82) is 0 Å². The van der Waals surface area contributed by atoms with Crippen molar-refractivity contribution < 1.29 is 14.3 Å². The number of hydrogen-bond acceptors (Lipinski definition) is 4. The molecular formula is C21H22N2O3. The van der Waals surface area contributed by atoms with Crippen LogP contribution in [0, 0.1) is 0 Å². The van der Waals surface area contributed by atoms with Crippen LogP contribution in [0.1, 0.15) is 24.8 Å². The number of rotatable bonds is 6. The van der Waals surface area contributed by atoms with Gasteiger partial charge in [-0.3, -0.25) is 9.78 Å². The fourth-order valence-electron chi connectivity index (χ4n) is 3.02. The third-order valence-electron chi connectivity index (χ3n) is 4.37. The lowest BCUT2D eigenvalue weighted by Crippen LogP contribution is -2.15. The van der Waals surface area contributed by atoms with Crippen LogP contribution in [0.4, 0.5) is 5.69 Å². The molecule has 0 saturated carbocycles. The SMILES string of the molecule is COc1ccc(C(C)CC(=O)Nc2cccc3cccnc23)c(OC)c1. The highest BCUT2D eigenvalue weighted by Gasteiger charge is 2.17. The van der Waals surface area contributed by atoms with E-state index in [0.29, 0.717) is 6.42 Å². The summed E-state index contributed by atoms with van der Waals surface area (Å²) in [6.45, 7) is 2.01. The number of benzene rings is 2. The fourth-order valence-corrected chi connectivity index (χ4v) is 3.02. The average Bonchev–Trinajstić information content (AvgIpc) is 2.67. The molecule has 5 heteroatoms. The maximum atomic E-state index is 12.6. The number of aromatic nitrogens is 1. The minimum atomic E-state index is -0.0616. The molecule has 0 spiro atoms. The van der Waals surface area contributed by atoms with E-state index >= 15 is 0 Å². The monoisotopic (exact) mass is 350 g/mol. The standard InChI is InChI=1S/C21H22N2O3/c1-14(17-10-9-16(25-2)13-19(17)26-3)12-20(24)23-18-8-4-6-15-7-5-11-22-21(15)18/h4-11,13-14H,12H2,1-3H3,(H,23,24). The van der Waals surface area contributed by atoms with Crippen molar-refractivity contribution in [3.8, 4) is 11.5 Å². The number of methoxy groups -OCH3 is 2. The van der Waals surface area contributed by atoms with Crippen molar-refractivity contribution in [1.82, 2.24) is 4.98 Å². The number of ether oxygens (including phenoxy) is 2. The van der Waals surface area contributed by atoms with Gasteiger partial charge in [0.25, 0.3) is 0 Å². The van der Waals surface area contributed by atoms with Crippen LogP contribution in [0.25, 0.3) is 10.9 Å². The van der Waals surface area contributed by atoms with Crippen LogP contribution in [-0.2, 0) is 4.79 Å². The first-order chi connectivity index (χ1) is 12.6. The number of carbonyl (C=O) groups is 1. The summed E-state index contributed by atoms with van der Waals surface area (Å²) in [6, 6.07) is 15.3. The quantitative estimate of drug-likeness (QED) is 0.716. The lowest BCUT2D eigenvalue weighted by Gasteiger charge is -2.16. The molecule has 1 N–H and O–H groups in total. The number of para-hydroxylation sites is 1. The van der Waals surface area contributed by atoms with E-state index in [1.165, 1.54) is 0 Å². The van der Waals surface area contributed by atoms with Crippen LogP contribution in [0.2, 0.25) is 0 Å². The molecule has 3 rings (SSSR count). The maximum Gasteiger partial charge on any atom is 0.225 e. The van der Waals surface area contributed by atoms with E-state index in [4.69, 9.17) is 9.47 Å². The van der Waals surface area contributed by atoms with Gasteiger partial charge in [-0.05, 0) is 29.7 Å². The van der Waals surface area contributed by atoms with Gasteiger partial charge >= 0.3 is 0 Å². The van der Waals surface area contributed by atoms with Gasteiger partial charge in [0.1, 0.15) is 11.5 Å². The Labute approximate surface area is 153 Å². The smallest absolute Gasteiger partial charge is 0.225 e. The Kier molecular flexibility index (Phi) is 5.37. The highest BCUT2D eigenvalue weighted by atomic mass is 16.5. The Morgan fingerprint density at radius 1 is 1.12 bits per heavy atom. The van der Waals surface area contributed by atoms with E-state index in [-0.39, 0.29) is 11.8 Å². The van der Waals surface area contributed by atoms with Gasteiger partial charge in [-0.25, -0.2) is 0 Å². The number of hydrogen-bond donors (Lipinski definition) is 1. The molecule has 26 heavy (non-hydrogen) atoms. The summed E-state index contributed by atoms with van der Waals surface area (Å²) in [5.74, 6) is 1.38. The van der Waals surface area contributed by atoms with Crippen molar-refractivity contribution in [3.63, 3.8) is 0 Å². The Balaban J connectivity index is 1.75. The molecule has 0 aliphatic carbocycles. The van der Waals surface area contributed by atoms with E-state index in [2.05, 4.69) is 10.3 Å². The van der Waals surface area contributed by atoms with Crippen molar-refractivity contribution in [2.75, 3.05) is 19.5 Å². The Morgan fingerprint density at radius 3 is 2.69 bits per heavy atom. The number of amides is 1. The fraction of sp³-hybridized carbons (Fsp3) is 0.238. The van der Waals surface area contributed by atoms with Crippen LogP contribution >= 0.6 is 0 Å². The largest absolute Gasteiger partial charge is 0.497 e. The second-order valence-corrected chi connectivity index (χ2v) is 6.14. The van der Waals surface area contributed by atoms with Crippen molar-refractivity contribution >= 4 is 22.5 Å². The average molecular weight is 350 g/mol. The van der Waals surface area contributed by atoms with Gasteiger partial charge in [-0.1, -0.05) is 31.2 Å². The zero-order valence-electron chi connectivity index (χ0n) is 15.2. The number of anilines is 1. The molecule has 0 aliphatic rings. The summed E-state index contributed by atoms with van der Waals surface area (Å²) in [4.78, 5) is 16.9. The zero-order valence-corrected chi connectivity index (χ0v) is 15.2. The minimum Gasteiger partial charge on any atom is -0.497 e. The van der Waals surface area contributed by atoms with Gasteiger partial charge in [0, 0.05) is 24.1 Å². The van der Waals surface area contributed by atoms with Gasteiger partial charge < -0.3 is 14.8 Å². The topological polar surface area (TPSA) is 60.5 Å². The first-order valence-electron chi connectivity index (χ1n) is 8.48. The van der Waals surface area contributed by atoms with E-state index in [1.807, 2.05) is 55.5 Å². The van der Waals surface area contributed by atoms with Crippen LogP contribution < -0.4 is 14.8 Å². The van der Waals surface area contributed by atoms with Gasteiger partial charge in [-0.2, -0.15) is 0 Å².